The molecule has 0 aromatic heterocycles. The third kappa shape index (κ3) is 3.44. The minimum Gasteiger partial charge on any atom is -0.493 e. The van der Waals surface area contributed by atoms with Gasteiger partial charge in [-0.1, -0.05) is 6.07 Å². The van der Waals surface area contributed by atoms with Crippen LogP contribution < -0.4 is 9.47 Å². The minimum absolute atomic E-state index is 0.0877. The van der Waals surface area contributed by atoms with E-state index in [9.17, 15) is 10.1 Å². The number of nitro benzene ring substituents is 1. The number of benzene rings is 2. The molecule has 3 rings (SSSR count). The zero-order valence-corrected chi connectivity index (χ0v) is 13.0. The maximum absolute atomic E-state index is 10.7. The van der Waals surface area contributed by atoms with Gasteiger partial charge in [-0.2, -0.15) is 0 Å². The molecule has 0 saturated heterocycles. The molecule has 1 saturated carbocycles. The van der Waals surface area contributed by atoms with E-state index in [1.807, 2.05) is 18.2 Å². The molecule has 2 aromatic rings. The Balaban J connectivity index is 1.88. The molecule has 1 fully saturated rings. The topological polar surface area (TPSA) is 61.6 Å². The Bertz CT molecular complexity index is 691. The molecule has 23 heavy (non-hydrogen) atoms. The van der Waals surface area contributed by atoms with Crippen molar-refractivity contribution in [2.75, 3.05) is 7.11 Å². The van der Waals surface area contributed by atoms with Crippen LogP contribution in [-0.2, 0) is 0 Å². The molecule has 5 heteroatoms. The molecule has 0 heterocycles. The van der Waals surface area contributed by atoms with Gasteiger partial charge < -0.3 is 9.47 Å². The highest BCUT2D eigenvalue weighted by Gasteiger charge is 2.19. The smallest absolute Gasteiger partial charge is 0.269 e. The average molecular weight is 313 g/mol. The summed E-state index contributed by atoms with van der Waals surface area (Å²) >= 11 is 0. The minimum atomic E-state index is -0.396. The second kappa shape index (κ2) is 6.69. The average Bonchev–Trinajstić information content (AvgIpc) is 3.08. The van der Waals surface area contributed by atoms with E-state index in [4.69, 9.17) is 9.47 Å². The van der Waals surface area contributed by atoms with Crippen LogP contribution in [0.3, 0.4) is 0 Å². The molecule has 1 aliphatic rings. The Morgan fingerprint density at radius 1 is 1.00 bits per heavy atom. The first kappa shape index (κ1) is 15.3. The quantitative estimate of drug-likeness (QED) is 0.598. The molecule has 0 amide bonds. The van der Waals surface area contributed by atoms with Gasteiger partial charge in [-0.25, -0.2) is 0 Å². The first-order valence-electron chi connectivity index (χ1n) is 7.77. The van der Waals surface area contributed by atoms with E-state index in [-0.39, 0.29) is 11.8 Å². The molecule has 0 unspecified atom stereocenters. The third-order valence-electron chi connectivity index (χ3n) is 4.17. The summed E-state index contributed by atoms with van der Waals surface area (Å²) in [4.78, 5) is 10.4. The summed E-state index contributed by atoms with van der Waals surface area (Å²) in [7, 11) is 1.63. The van der Waals surface area contributed by atoms with Gasteiger partial charge in [0.1, 0.15) is 0 Å². The molecule has 0 aliphatic heterocycles. The van der Waals surface area contributed by atoms with Gasteiger partial charge in [0.15, 0.2) is 11.5 Å². The molecule has 2 aromatic carbocycles. The molecule has 0 spiro atoms. The first-order chi connectivity index (χ1) is 11.2. The van der Waals surface area contributed by atoms with Gasteiger partial charge >= 0.3 is 0 Å². The second-order valence-electron chi connectivity index (χ2n) is 5.69. The van der Waals surface area contributed by atoms with E-state index in [1.54, 1.807) is 19.2 Å². The van der Waals surface area contributed by atoms with E-state index in [0.29, 0.717) is 5.75 Å². The molecule has 0 radical (unpaired) electrons. The molecule has 1 aliphatic carbocycles. The fourth-order valence-corrected chi connectivity index (χ4v) is 2.91. The number of ether oxygens (including phenoxy) is 2. The van der Waals surface area contributed by atoms with Crippen LogP contribution in [0.1, 0.15) is 25.7 Å². The first-order valence-corrected chi connectivity index (χ1v) is 7.77. The van der Waals surface area contributed by atoms with Gasteiger partial charge in [-0.15, -0.1) is 0 Å². The van der Waals surface area contributed by atoms with Crippen molar-refractivity contribution in [3.63, 3.8) is 0 Å². The molecule has 0 bridgehead atoms. The van der Waals surface area contributed by atoms with E-state index < -0.39 is 4.92 Å². The highest BCUT2D eigenvalue weighted by Crippen LogP contribution is 2.35. The lowest BCUT2D eigenvalue weighted by Gasteiger charge is -2.17. The Labute approximate surface area is 135 Å². The van der Waals surface area contributed by atoms with Gasteiger partial charge in [-0.3, -0.25) is 10.1 Å². The molecular formula is C18H19NO4. The van der Waals surface area contributed by atoms with Crippen LogP contribution in [-0.4, -0.2) is 18.1 Å². The number of nitrogens with zero attached hydrogens (tertiary/aromatic N) is 1. The van der Waals surface area contributed by atoms with E-state index in [1.165, 1.54) is 25.0 Å². The SMILES string of the molecule is COc1ccc(-c2ccc([N+](=O)[O-])cc2)cc1OC1CCCC1. The summed E-state index contributed by atoms with van der Waals surface area (Å²) in [5, 5.41) is 10.7. The predicted molar refractivity (Wildman–Crippen MR) is 88.0 cm³/mol. The van der Waals surface area contributed by atoms with Gasteiger partial charge in [0, 0.05) is 12.1 Å². The normalized spacial score (nSPS) is 14.7. The number of non-ortho nitro benzene ring substituents is 1. The Morgan fingerprint density at radius 3 is 2.26 bits per heavy atom. The molecule has 120 valence electrons. The van der Waals surface area contributed by atoms with E-state index >= 15 is 0 Å². The Kier molecular flexibility index (Phi) is 4.46. The zero-order chi connectivity index (χ0) is 16.2. The summed E-state index contributed by atoms with van der Waals surface area (Å²) in [5.74, 6) is 1.44. The van der Waals surface area contributed by atoms with Crippen molar-refractivity contribution in [2.45, 2.75) is 31.8 Å². The highest BCUT2D eigenvalue weighted by molar-refractivity contribution is 5.68. The number of rotatable bonds is 5. The van der Waals surface area contributed by atoms with Gasteiger partial charge in [0.05, 0.1) is 18.1 Å². The maximum atomic E-state index is 10.7. The van der Waals surface area contributed by atoms with Crippen molar-refractivity contribution >= 4 is 5.69 Å². The number of nitro groups is 1. The third-order valence-corrected chi connectivity index (χ3v) is 4.17. The van der Waals surface area contributed by atoms with Crippen LogP contribution >= 0.6 is 0 Å². The van der Waals surface area contributed by atoms with Crippen LogP contribution in [0.4, 0.5) is 5.69 Å². The zero-order valence-electron chi connectivity index (χ0n) is 13.0. The van der Waals surface area contributed by atoms with Crippen LogP contribution in [0.2, 0.25) is 0 Å². The monoisotopic (exact) mass is 313 g/mol. The van der Waals surface area contributed by atoms with E-state index in [2.05, 4.69) is 0 Å². The Hall–Kier alpha value is -2.56. The lowest BCUT2D eigenvalue weighted by Crippen LogP contribution is -2.11. The fraction of sp³-hybridized carbons (Fsp3) is 0.333. The van der Waals surface area contributed by atoms with Crippen molar-refractivity contribution in [1.29, 1.82) is 0 Å². The van der Waals surface area contributed by atoms with Gasteiger partial charge in [-0.05, 0) is 61.1 Å². The Morgan fingerprint density at radius 2 is 1.65 bits per heavy atom. The van der Waals surface area contributed by atoms with Crippen molar-refractivity contribution in [3.8, 4) is 22.6 Å². The molecule has 0 atom stereocenters. The van der Waals surface area contributed by atoms with Crippen LogP contribution in [0.15, 0.2) is 42.5 Å². The summed E-state index contributed by atoms with van der Waals surface area (Å²) in [6.45, 7) is 0. The second-order valence-corrected chi connectivity index (χ2v) is 5.69. The predicted octanol–water partition coefficient (Wildman–Crippen LogP) is 4.59. The summed E-state index contributed by atoms with van der Waals surface area (Å²) < 4.78 is 11.5. The maximum Gasteiger partial charge on any atom is 0.269 e. The molecule has 0 N–H and O–H groups in total. The van der Waals surface area contributed by atoms with Crippen LogP contribution in [0, 0.1) is 10.1 Å². The lowest BCUT2D eigenvalue weighted by atomic mass is 10.0. The van der Waals surface area contributed by atoms with Gasteiger partial charge in [0.25, 0.3) is 5.69 Å². The molecule has 5 nitrogen and oxygen atoms in total. The van der Waals surface area contributed by atoms with Crippen molar-refractivity contribution < 1.29 is 14.4 Å². The lowest BCUT2D eigenvalue weighted by molar-refractivity contribution is -0.384. The summed E-state index contributed by atoms with van der Waals surface area (Å²) in [5.41, 5.74) is 1.95. The van der Waals surface area contributed by atoms with Crippen molar-refractivity contribution in [2.24, 2.45) is 0 Å². The largest absolute Gasteiger partial charge is 0.493 e. The van der Waals surface area contributed by atoms with Crippen molar-refractivity contribution in [1.82, 2.24) is 0 Å². The summed E-state index contributed by atoms with van der Waals surface area (Å²) in [6, 6.07) is 12.3. The number of methoxy groups -OCH3 is 1. The number of hydrogen-bond acceptors (Lipinski definition) is 4. The standard InChI is InChI=1S/C18H19NO4/c1-22-17-11-8-14(12-18(17)23-16-4-2-3-5-16)13-6-9-15(10-7-13)19(20)21/h6-12,16H,2-5H2,1H3. The number of hydrogen-bond donors (Lipinski definition) is 0. The fourth-order valence-electron chi connectivity index (χ4n) is 2.91. The highest BCUT2D eigenvalue weighted by atomic mass is 16.6. The van der Waals surface area contributed by atoms with Gasteiger partial charge in [0.2, 0.25) is 0 Å². The van der Waals surface area contributed by atoms with Crippen LogP contribution in [0.25, 0.3) is 11.1 Å². The van der Waals surface area contributed by atoms with Crippen LogP contribution in [0.5, 0.6) is 11.5 Å². The van der Waals surface area contributed by atoms with Crippen molar-refractivity contribution in [3.05, 3.63) is 52.6 Å². The van der Waals surface area contributed by atoms with E-state index in [0.717, 1.165) is 29.7 Å². The molecular weight excluding hydrogens is 294 g/mol. The summed E-state index contributed by atoms with van der Waals surface area (Å²) in [6.07, 6.45) is 4.80.